The van der Waals surface area contributed by atoms with Crippen molar-refractivity contribution in [2.75, 3.05) is 0 Å². The van der Waals surface area contributed by atoms with Crippen molar-refractivity contribution >= 4 is 39.1 Å². The number of hydrogen-bond donors (Lipinski definition) is 0. The Hall–Kier alpha value is -0.570. The summed E-state index contributed by atoms with van der Waals surface area (Å²) in [6.45, 7) is 0. The van der Waals surface area contributed by atoms with Gasteiger partial charge in [-0.3, -0.25) is 0 Å². The Balaban J connectivity index is 2.19. The van der Waals surface area contributed by atoms with Gasteiger partial charge in [0, 0.05) is 15.4 Å². The molecule has 0 aliphatic carbocycles. The molecule has 0 saturated carbocycles. The molecule has 0 aliphatic rings. The van der Waals surface area contributed by atoms with E-state index in [-0.39, 0.29) is 15.7 Å². The van der Waals surface area contributed by atoms with Crippen LogP contribution in [0.4, 0.5) is 4.39 Å². The maximum absolute atomic E-state index is 13.8. The molecule has 4 heteroatoms. The lowest BCUT2D eigenvalue weighted by Gasteiger charge is -2.12. The second-order valence-corrected chi connectivity index (χ2v) is 5.89. The molecule has 0 saturated heterocycles. The lowest BCUT2D eigenvalue weighted by Crippen LogP contribution is -1.99. The molecule has 0 aliphatic heterocycles. The molecule has 1 unspecified atom stereocenters. The van der Waals surface area contributed by atoms with Gasteiger partial charge in [-0.05, 0) is 30.2 Å². The van der Waals surface area contributed by atoms with Gasteiger partial charge in [0.1, 0.15) is 5.82 Å². The van der Waals surface area contributed by atoms with E-state index in [2.05, 4.69) is 15.9 Å². The van der Waals surface area contributed by atoms with Crippen LogP contribution in [0.15, 0.2) is 42.5 Å². The average Bonchev–Trinajstić information content (AvgIpc) is 2.35. The highest BCUT2D eigenvalue weighted by Gasteiger charge is 2.15. The number of alkyl halides is 1. The molecule has 0 heterocycles. The van der Waals surface area contributed by atoms with Crippen LogP contribution in [0.5, 0.6) is 0 Å². The second kappa shape index (κ2) is 6.05. The number of halogens is 4. The number of benzene rings is 2. The van der Waals surface area contributed by atoms with E-state index in [0.717, 1.165) is 5.56 Å². The topological polar surface area (TPSA) is 0 Å². The quantitative estimate of drug-likeness (QED) is 0.614. The zero-order chi connectivity index (χ0) is 13.1. The van der Waals surface area contributed by atoms with E-state index in [4.69, 9.17) is 23.2 Å². The van der Waals surface area contributed by atoms with Gasteiger partial charge in [0.2, 0.25) is 0 Å². The first kappa shape index (κ1) is 13.9. The lowest BCUT2D eigenvalue weighted by molar-refractivity contribution is 0.608. The largest absolute Gasteiger partial charge is 0.205 e. The van der Waals surface area contributed by atoms with Crippen molar-refractivity contribution in [3.05, 3.63) is 69.5 Å². The normalized spacial score (nSPS) is 12.4. The summed E-state index contributed by atoms with van der Waals surface area (Å²) >= 11 is 15.1. The van der Waals surface area contributed by atoms with Crippen LogP contribution in [0, 0.1) is 5.82 Å². The molecular weight excluding hydrogens is 338 g/mol. The highest BCUT2D eigenvalue weighted by atomic mass is 79.9. The number of rotatable bonds is 3. The summed E-state index contributed by atoms with van der Waals surface area (Å²) in [6, 6.07) is 12.5. The zero-order valence-electron chi connectivity index (χ0n) is 9.34. The van der Waals surface area contributed by atoms with Crippen molar-refractivity contribution in [2.45, 2.75) is 11.2 Å². The Morgan fingerprint density at radius 2 is 1.72 bits per heavy atom. The molecule has 0 spiro atoms. The highest BCUT2D eigenvalue weighted by molar-refractivity contribution is 9.09. The third-order valence-electron chi connectivity index (χ3n) is 2.65. The van der Waals surface area contributed by atoms with Gasteiger partial charge in [-0.1, -0.05) is 63.4 Å². The smallest absolute Gasteiger partial charge is 0.146 e. The summed E-state index contributed by atoms with van der Waals surface area (Å²) in [5, 5.41) is 0.840. The first-order valence-corrected chi connectivity index (χ1v) is 7.07. The van der Waals surface area contributed by atoms with E-state index in [1.165, 1.54) is 0 Å². The molecule has 94 valence electrons. The molecule has 1 atom stereocenters. The van der Waals surface area contributed by atoms with Gasteiger partial charge >= 0.3 is 0 Å². The van der Waals surface area contributed by atoms with Crippen LogP contribution in [0.3, 0.4) is 0 Å². The highest BCUT2D eigenvalue weighted by Crippen LogP contribution is 2.31. The zero-order valence-corrected chi connectivity index (χ0v) is 12.4. The molecule has 2 aromatic rings. The minimum absolute atomic E-state index is 0.114. The first-order valence-electron chi connectivity index (χ1n) is 5.40. The lowest BCUT2D eigenvalue weighted by atomic mass is 10.0. The fourth-order valence-electron chi connectivity index (χ4n) is 1.70. The monoisotopic (exact) mass is 346 g/mol. The van der Waals surface area contributed by atoms with Crippen molar-refractivity contribution in [3.8, 4) is 0 Å². The van der Waals surface area contributed by atoms with Crippen molar-refractivity contribution in [1.29, 1.82) is 0 Å². The first-order chi connectivity index (χ1) is 8.58. The fraction of sp³-hybridized carbons (Fsp3) is 0.143. The Morgan fingerprint density at radius 3 is 2.39 bits per heavy atom. The Morgan fingerprint density at radius 1 is 1.06 bits per heavy atom. The number of hydrogen-bond acceptors (Lipinski definition) is 0. The molecule has 0 fully saturated rings. The van der Waals surface area contributed by atoms with Crippen LogP contribution in [-0.4, -0.2) is 0 Å². The van der Waals surface area contributed by atoms with Crippen LogP contribution >= 0.6 is 39.1 Å². The minimum Gasteiger partial charge on any atom is -0.205 e. The summed E-state index contributed by atoms with van der Waals surface area (Å²) in [5.41, 5.74) is 1.65. The summed E-state index contributed by atoms with van der Waals surface area (Å²) in [7, 11) is 0. The van der Waals surface area contributed by atoms with Crippen molar-refractivity contribution < 1.29 is 4.39 Å². The molecule has 0 bridgehead atoms. The van der Waals surface area contributed by atoms with Gasteiger partial charge < -0.3 is 0 Å². The van der Waals surface area contributed by atoms with Gasteiger partial charge in [-0.2, -0.15) is 0 Å². The van der Waals surface area contributed by atoms with Crippen LogP contribution in [0.25, 0.3) is 0 Å². The Labute approximate surface area is 124 Å². The van der Waals surface area contributed by atoms with Gasteiger partial charge in [0.25, 0.3) is 0 Å². The van der Waals surface area contributed by atoms with E-state index in [0.29, 0.717) is 17.0 Å². The van der Waals surface area contributed by atoms with Gasteiger partial charge in [-0.15, -0.1) is 0 Å². The van der Waals surface area contributed by atoms with Gasteiger partial charge in [0.05, 0.1) is 5.02 Å². The molecule has 0 amide bonds. The van der Waals surface area contributed by atoms with Crippen molar-refractivity contribution in [1.82, 2.24) is 0 Å². The van der Waals surface area contributed by atoms with Crippen molar-refractivity contribution in [2.24, 2.45) is 0 Å². The SMILES string of the molecule is Fc1c(Cl)cccc1C(Br)Cc1ccc(Cl)cc1. The predicted molar refractivity (Wildman–Crippen MR) is 78.2 cm³/mol. The van der Waals surface area contributed by atoms with E-state index in [1.54, 1.807) is 18.2 Å². The molecule has 0 N–H and O–H groups in total. The third kappa shape index (κ3) is 3.25. The van der Waals surface area contributed by atoms with E-state index < -0.39 is 0 Å². The molecule has 0 radical (unpaired) electrons. The maximum Gasteiger partial charge on any atom is 0.146 e. The van der Waals surface area contributed by atoms with Crippen LogP contribution in [0.1, 0.15) is 16.0 Å². The van der Waals surface area contributed by atoms with Crippen molar-refractivity contribution in [3.63, 3.8) is 0 Å². The summed E-state index contributed by atoms with van der Waals surface area (Å²) in [6.07, 6.45) is 0.675. The van der Waals surface area contributed by atoms with Crippen LogP contribution in [-0.2, 0) is 6.42 Å². The molecular formula is C14H10BrCl2F. The van der Waals surface area contributed by atoms with E-state index >= 15 is 0 Å². The standard InChI is InChI=1S/C14H10BrCl2F/c15-12(8-9-4-6-10(16)7-5-9)11-2-1-3-13(17)14(11)18/h1-7,12H,8H2. The summed E-state index contributed by atoms with van der Waals surface area (Å²) in [5.74, 6) is -0.366. The average molecular weight is 348 g/mol. The Bertz CT molecular complexity index is 540. The summed E-state index contributed by atoms with van der Waals surface area (Å²) in [4.78, 5) is -0.114. The molecule has 0 aromatic heterocycles. The second-order valence-electron chi connectivity index (χ2n) is 3.94. The van der Waals surface area contributed by atoms with E-state index in [1.807, 2.05) is 24.3 Å². The Kier molecular flexibility index (Phi) is 4.66. The molecule has 18 heavy (non-hydrogen) atoms. The van der Waals surface area contributed by atoms with Gasteiger partial charge in [0.15, 0.2) is 0 Å². The van der Waals surface area contributed by atoms with E-state index in [9.17, 15) is 4.39 Å². The summed E-state index contributed by atoms with van der Waals surface area (Å²) < 4.78 is 13.8. The van der Waals surface area contributed by atoms with Gasteiger partial charge in [-0.25, -0.2) is 4.39 Å². The maximum atomic E-state index is 13.8. The third-order valence-corrected chi connectivity index (χ3v) is 4.01. The molecule has 2 aromatic carbocycles. The van der Waals surface area contributed by atoms with Crippen LogP contribution < -0.4 is 0 Å². The van der Waals surface area contributed by atoms with Crippen LogP contribution in [0.2, 0.25) is 10.0 Å². The molecule has 0 nitrogen and oxygen atoms in total. The fourth-order valence-corrected chi connectivity index (χ4v) is 2.74. The molecule has 2 rings (SSSR count). The minimum atomic E-state index is -0.366. The predicted octanol–water partition coefficient (Wildman–Crippen LogP) is 5.81.